The molecule has 0 spiro atoms. The summed E-state index contributed by atoms with van der Waals surface area (Å²) in [6.45, 7) is 0.201. The van der Waals surface area contributed by atoms with Crippen molar-refractivity contribution in [3.63, 3.8) is 0 Å². The third kappa shape index (κ3) is 3.50. The van der Waals surface area contributed by atoms with Crippen molar-refractivity contribution in [1.82, 2.24) is 0 Å². The number of ether oxygens (including phenoxy) is 1. The van der Waals surface area contributed by atoms with E-state index in [-0.39, 0.29) is 12.2 Å². The average molecular weight is 286 g/mol. The Labute approximate surface area is 120 Å². The molecule has 0 aromatic heterocycles. The van der Waals surface area contributed by atoms with Gasteiger partial charge in [-0.05, 0) is 35.9 Å². The van der Waals surface area contributed by atoms with Gasteiger partial charge in [-0.2, -0.15) is 0 Å². The van der Waals surface area contributed by atoms with Crippen LogP contribution in [0, 0.1) is 0 Å². The summed E-state index contributed by atoms with van der Waals surface area (Å²) in [5, 5.41) is 8.93. The molecular weight excluding hydrogens is 272 g/mol. The minimum Gasteiger partial charge on any atom is -0.487 e. The van der Waals surface area contributed by atoms with E-state index in [9.17, 15) is 9.59 Å². The van der Waals surface area contributed by atoms with Crippen LogP contribution < -0.4 is 16.2 Å². The third-order valence-corrected chi connectivity index (χ3v) is 2.89. The van der Waals surface area contributed by atoms with Crippen molar-refractivity contribution in [3.8, 4) is 5.75 Å². The van der Waals surface area contributed by atoms with Crippen molar-refractivity contribution in [3.05, 3.63) is 59.2 Å². The number of nitrogens with two attached hydrogens (primary N) is 2. The summed E-state index contributed by atoms with van der Waals surface area (Å²) in [5.41, 5.74) is 12.6. The number of carboxylic acid groups (broad SMARTS) is 1. The zero-order valence-electron chi connectivity index (χ0n) is 11.1. The summed E-state index contributed by atoms with van der Waals surface area (Å²) < 4.78 is 5.51. The molecule has 2 rings (SSSR count). The predicted molar refractivity (Wildman–Crippen MR) is 77.1 cm³/mol. The monoisotopic (exact) mass is 286 g/mol. The average Bonchev–Trinajstić information content (AvgIpc) is 2.46. The van der Waals surface area contributed by atoms with Crippen LogP contribution >= 0.6 is 0 Å². The van der Waals surface area contributed by atoms with Gasteiger partial charge in [0.15, 0.2) is 0 Å². The second-order valence-electron chi connectivity index (χ2n) is 4.41. The molecule has 2 aromatic carbocycles. The number of aromatic carboxylic acids is 1. The number of carboxylic acids is 1. The highest BCUT2D eigenvalue weighted by Crippen LogP contribution is 2.24. The summed E-state index contributed by atoms with van der Waals surface area (Å²) >= 11 is 0. The Morgan fingerprint density at radius 3 is 2.24 bits per heavy atom. The highest BCUT2D eigenvalue weighted by atomic mass is 16.5. The van der Waals surface area contributed by atoms with E-state index in [2.05, 4.69) is 0 Å². The van der Waals surface area contributed by atoms with Crippen LogP contribution in [0.4, 0.5) is 5.69 Å². The first kappa shape index (κ1) is 14.4. The zero-order chi connectivity index (χ0) is 15.4. The predicted octanol–water partition coefficient (Wildman–Crippen LogP) is 1.64. The Kier molecular flexibility index (Phi) is 4.08. The van der Waals surface area contributed by atoms with Crippen molar-refractivity contribution >= 4 is 17.6 Å². The Morgan fingerprint density at radius 2 is 1.67 bits per heavy atom. The van der Waals surface area contributed by atoms with E-state index in [0.717, 1.165) is 5.56 Å². The van der Waals surface area contributed by atoms with Crippen LogP contribution in [0.5, 0.6) is 5.75 Å². The molecule has 0 saturated carbocycles. The molecule has 0 bridgehead atoms. The van der Waals surface area contributed by atoms with E-state index in [1.165, 1.54) is 18.2 Å². The Bertz CT molecular complexity index is 681. The number of benzene rings is 2. The molecule has 0 unspecified atom stereocenters. The van der Waals surface area contributed by atoms with Crippen LogP contribution in [0.1, 0.15) is 26.3 Å². The molecule has 1 amide bonds. The minimum absolute atomic E-state index is 0.100. The van der Waals surface area contributed by atoms with Gasteiger partial charge in [-0.3, -0.25) is 4.79 Å². The topological polar surface area (TPSA) is 116 Å². The van der Waals surface area contributed by atoms with Gasteiger partial charge >= 0.3 is 5.97 Å². The number of nitrogen functional groups attached to an aromatic ring is 1. The lowest BCUT2D eigenvalue weighted by molar-refractivity contribution is 0.0696. The number of carbonyl (C=O) groups is 2. The molecule has 108 valence electrons. The lowest BCUT2D eigenvalue weighted by Crippen LogP contribution is -2.10. The number of amides is 1. The zero-order valence-corrected chi connectivity index (χ0v) is 11.1. The molecule has 0 aliphatic rings. The van der Waals surface area contributed by atoms with Crippen molar-refractivity contribution < 1.29 is 19.4 Å². The minimum atomic E-state index is -1.05. The fraction of sp³-hybridized carbons (Fsp3) is 0.0667. The maximum absolute atomic E-state index is 11.0. The van der Waals surface area contributed by atoms with Gasteiger partial charge in [0.25, 0.3) is 0 Å². The van der Waals surface area contributed by atoms with Crippen molar-refractivity contribution in [2.24, 2.45) is 5.73 Å². The van der Waals surface area contributed by atoms with E-state index in [1.807, 2.05) is 0 Å². The van der Waals surface area contributed by atoms with Crippen LogP contribution in [0.15, 0.2) is 42.5 Å². The summed E-state index contributed by atoms with van der Waals surface area (Å²) in [6.07, 6.45) is 0. The fourth-order valence-corrected chi connectivity index (χ4v) is 1.72. The molecule has 0 fully saturated rings. The van der Waals surface area contributed by atoms with Crippen LogP contribution in [0.25, 0.3) is 0 Å². The van der Waals surface area contributed by atoms with Gasteiger partial charge in [0.2, 0.25) is 5.91 Å². The fourth-order valence-electron chi connectivity index (χ4n) is 1.72. The molecule has 2 aromatic rings. The number of hydrogen-bond donors (Lipinski definition) is 3. The van der Waals surface area contributed by atoms with Crippen LogP contribution in [-0.4, -0.2) is 17.0 Å². The summed E-state index contributed by atoms with van der Waals surface area (Å²) in [5.74, 6) is -1.25. The van der Waals surface area contributed by atoms with E-state index >= 15 is 0 Å². The van der Waals surface area contributed by atoms with E-state index in [4.69, 9.17) is 21.3 Å². The van der Waals surface area contributed by atoms with Gasteiger partial charge in [0.05, 0.1) is 11.3 Å². The van der Waals surface area contributed by atoms with Gasteiger partial charge in [-0.15, -0.1) is 0 Å². The van der Waals surface area contributed by atoms with E-state index < -0.39 is 11.9 Å². The first-order valence-corrected chi connectivity index (χ1v) is 6.11. The van der Waals surface area contributed by atoms with Crippen LogP contribution in [-0.2, 0) is 6.61 Å². The summed E-state index contributed by atoms with van der Waals surface area (Å²) in [4.78, 5) is 21.9. The van der Waals surface area contributed by atoms with Crippen molar-refractivity contribution in [1.29, 1.82) is 0 Å². The maximum atomic E-state index is 11.0. The maximum Gasteiger partial charge on any atom is 0.335 e. The van der Waals surface area contributed by atoms with Gasteiger partial charge < -0.3 is 21.3 Å². The van der Waals surface area contributed by atoms with E-state index in [1.54, 1.807) is 24.3 Å². The molecule has 0 aliphatic heterocycles. The Morgan fingerprint density at radius 1 is 1.05 bits per heavy atom. The lowest BCUT2D eigenvalue weighted by Gasteiger charge is -2.10. The molecule has 6 heteroatoms. The molecule has 6 nitrogen and oxygen atoms in total. The van der Waals surface area contributed by atoms with Crippen LogP contribution in [0.3, 0.4) is 0 Å². The number of hydrogen-bond acceptors (Lipinski definition) is 4. The van der Waals surface area contributed by atoms with Gasteiger partial charge in [-0.25, -0.2) is 4.79 Å². The Balaban J connectivity index is 2.10. The molecule has 0 heterocycles. The summed E-state index contributed by atoms with van der Waals surface area (Å²) in [7, 11) is 0. The quantitative estimate of drug-likeness (QED) is 0.723. The van der Waals surface area contributed by atoms with Crippen LogP contribution in [0.2, 0.25) is 0 Å². The molecule has 0 radical (unpaired) electrons. The lowest BCUT2D eigenvalue weighted by atomic mass is 10.1. The normalized spacial score (nSPS) is 10.1. The second-order valence-corrected chi connectivity index (χ2v) is 4.41. The van der Waals surface area contributed by atoms with Gasteiger partial charge in [-0.1, -0.05) is 12.1 Å². The molecule has 5 N–H and O–H groups in total. The smallest absolute Gasteiger partial charge is 0.335 e. The molecular formula is C15H14N2O4. The largest absolute Gasteiger partial charge is 0.487 e. The number of rotatable bonds is 5. The standard InChI is InChI=1S/C15H14N2O4/c16-12-6-5-11(15(19)20)7-13(12)21-8-9-1-3-10(4-2-9)14(17)18/h1-7H,8,16H2,(H2,17,18)(H,19,20). The Hall–Kier alpha value is -3.02. The SMILES string of the molecule is NC(=O)c1ccc(COc2cc(C(=O)O)ccc2N)cc1. The third-order valence-electron chi connectivity index (χ3n) is 2.89. The highest BCUT2D eigenvalue weighted by Gasteiger charge is 2.08. The molecule has 21 heavy (non-hydrogen) atoms. The first-order valence-electron chi connectivity index (χ1n) is 6.11. The molecule has 0 saturated heterocycles. The van der Waals surface area contributed by atoms with Crippen molar-refractivity contribution in [2.45, 2.75) is 6.61 Å². The molecule has 0 atom stereocenters. The van der Waals surface area contributed by atoms with E-state index in [0.29, 0.717) is 17.0 Å². The number of primary amides is 1. The number of anilines is 1. The summed E-state index contributed by atoms with van der Waals surface area (Å²) in [6, 6.07) is 10.9. The highest BCUT2D eigenvalue weighted by molar-refractivity contribution is 5.92. The molecule has 0 aliphatic carbocycles. The van der Waals surface area contributed by atoms with Gasteiger partial charge in [0.1, 0.15) is 12.4 Å². The number of carbonyl (C=O) groups excluding carboxylic acids is 1. The van der Waals surface area contributed by atoms with Crippen molar-refractivity contribution in [2.75, 3.05) is 5.73 Å². The first-order chi connectivity index (χ1) is 9.97. The second kappa shape index (κ2) is 5.96. The van der Waals surface area contributed by atoms with Gasteiger partial charge in [0, 0.05) is 5.56 Å².